The summed E-state index contributed by atoms with van der Waals surface area (Å²) in [6, 6.07) is 7.61. The van der Waals surface area contributed by atoms with E-state index >= 15 is 0 Å². The maximum absolute atomic E-state index is 9.80. The molecule has 1 rings (SSSR count). The Morgan fingerprint density at radius 2 is 1.89 bits per heavy atom. The smallest absolute Gasteiger partial charge is 0.398 e. The van der Waals surface area contributed by atoms with E-state index in [1.54, 1.807) is 0 Å². The monoisotopic (exact) mass is 278 g/mol. The molecule has 1 aromatic carbocycles. The molecule has 104 valence electrons. The maximum atomic E-state index is 9.80. The second-order valence-electron chi connectivity index (χ2n) is 3.17. The van der Waals surface area contributed by atoms with E-state index in [-0.39, 0.29) is 6.54 Å². The van der Waals surface area contributed by atoms with Crippen molar-refractivity contribution in [1.82, 2.24) is 0 Å². The molecule has 1 atom stereocenters. The van der Waals surface area contributed by atoms with E-state index in [0.29, 0.717) is 0 Å². The number of benzene rings is 1. The zero-order valence-electron chi connectivity index (χ0n) is 9.91. The minimum Gasteiger partial charge on any atom is -0.399 e. The number of nitrogen functional groups attached to an aromatic ring is 1. The molecule has 1 aromatic rings. The first kappa shape index (κ1) is 16.6. The van der Waals surface area contributed by atoms with Gasteiger partial charge in [-0.1, -0.05) is 0 Å². The van der Waals surface area contributed by atoms with Gasteiger partial charge in [-0.25, -0.2) is 4.18 Å². The summed E-state index contributed by atoms with van der Waals surface area (Å²) in [5.74, 6) is 0. The molecule has 0 fully saturated rings. The molecule has 0 saturated heterocycles. The lowest BCUT2D eigenvalue weighted by Gasteiger charge is -2.04. The fourth-order valence-electron chi connectivity index (χ4n) is 0.845. The topological polar surface area (TPSA) is 154 Å². The summed E-state index contributed by atoms with van der Waals surface area (Å²) in [5.41, 5.74) is 17.1. The third kappa shape index (κ3) is 8.73. The van der Waals surface area contributed by atoms with E-state index in [4.69, 9.17) is 21.8 Å². The normalized spacial score (nSPS) is 12.2. The van der Waals surface area contributed by atoms with Gasteiger partial charge in [0.2, 0.25) is 0 Å². The van der Waals surface area contributed by atoms with Crippen molar-refractivity contribution in [3.05, 3.63) is 24.3 Å². The van der Waals surface area contributed by atoms with Crippen molar-refractivity contribution in [3.8, 4) is 0 Å². The van der Waals surface area contributed by atoms with Crippen LogP contribution in [0.4, 0.5) is 11.4 Å². The van der Waals surface area contributed by atoms with Gasteiger partial charge in [0.25, 0.3) is 0 Å². The van der Waals surface area contributed by atoms with E-state index in [1.165, 1.54) is 0 Å². The van der Waals surface area contributed by atoms with Crippen molar-refractivity contribution in [1.29, 1.82) is 0 Å². The van der Waals surface area contributed by atoms with Crippen molar-refractivity contribution >= 4 is 21.8 Å². The van der Waals surface area contributed by atoms with Crippen LogP contribution in [0.25, 0.3) is 0 Å². The van der Waals surface area contributed by atoms with Gasteiger partial charge in [-0.2, -0.15) is 8.42 Å². The Labute approximate surface area is 106 Å². The number of hydrogen-bond acceptors (Lipinski definition) is 7. The van der Waals surface area contributed by atoms with Gasteiger partial charge < -0.3 is 22.5 Å². The molecule has 0 amide bonds. The average Bonchev–Trinajstić information content (AvgIpc) is 2.28. The molecule has 8 N–H and O–H groups in total. The Balaban J connectivity index is 0.000000321. The Hall–Kier alpha value is -1.39. The summed E-state index contributed by atoms with van der Waals surface area (Å²) in [6.07, 6.45) is -1.17. The Morgan fingerprint density at radius 3 is 2.17 bits per heavy atom. The van der Waals surface area contributed by atoms with Crippen LogP contribution in [-0.4, -0.2) is 32.8 Å². The molecule has 0 saturated carbocycles. The van der Waals surface area contributed by atoms with Crippen LogP contribution in [-0.2, 0) is 14.6 Å². The van der Waals surface area contributed by atoms with Gasteiger partial charge in [0.05, 0.1) is 0 Å². The van der Waals surface area contributed by atoms with E-state index < -0.39 is 16.6 Å². The molecule has 0 bridgehead atoms. The first-order valence-electron chi connectivity index (χ1n) is 4.93. The van der Waals surface area contributed by atoms with E-state index in [2.05, 4.69) is 9.50 Å². The quantitative estimate of drug-likeness (QED) is 0.277. The molecule has 1 unspecified atom stereocenters. The first-order valence-corrected chi connectivity index (χ1v) is 6.29. The largest absolute Gasteiger partial charge is 0.399 e. The maximum Gasteiger partial charge on any atom is 0.398 e. The SMILES string of the molecule is CNc1ccc(N)cc1.NCC(N)OS(=O)(=O)O. The van der Waals surface area contributed by atoms with Gasteiger partial charge in [-0.05, 0) is 24.3 Å². The van der Waals surface area contributed by atoms with Crippen molar-refractivity contribution in [2.24, 2.45) is 11.5 Å². The van der Waals surface area contributed by atoms with Gasteiger partial charge in [0.1, 0.15) is 6.23 Å². The molecular weight excluding hydrogens is 260 g/mol. The van der Waals surface area contributed by atoms with Crippen LogP contribution >= 0.6 is 0 Å². The molecule has 0 aliphatic heterocycles. The van der Waals surface area contributed by atoms with Crippen LogP contribution in [0.3, 0.4) is 0 Å². The van der Waals surface area contributed by atoms with Crippen LogP contribution in [0, 0.1) is 0 Å². The molecule has 0 aliphatic rings. The molecule has 18 heavy (non-hydrogen) atoms. The molecule has 0 radical (unpaired) electrons. The van der Waals surface area contributed by atoms with Crippen LogP contribution in [0.2, 0.25) is 0 Å². The van der Waals surface area contributed by atoms with Crippen molar-refractivity contribution in [2.75, 3.05) is 24.6 Å². The second-order valence-corrected chi connectivity index (χ2v) is 4.22. The zero-order chi connectivity index (χ0) is 14.2. The third-order valence-electron chi connectivity index (χ3n) is 1.68. The molecule has 0 aromatic heterocycles. The Kier molecular flexibility index (Phi) is 7.24. The first-order chi connectivity index (χ1) is 8.28. The molecule has 8 nitrogen and oxygen atoms in total. The summed E-state index contributed by atoms with van der Waals surface area (Å²) in [6.45, 7) is -0.167. The fraction of sp³-hybridized carbons (Fsp3) is 0.333. The van der Waals surface area contributed by atoms with E-state index in [0.717, 1.165) is 11.4 Å². The third-order valence-corrected chi connectivity index (χ3v) is 2.17. The van der Waals surface area contributed by atoms with Gasteiger partial charge in [0, 0.05) is 25.0 Å². The number of rotatable bonds is 4. The van der Waals surface area contributed by atoms with Gasteiger partial charge in [0.15, 0.2) is 0 Å². The number of hydrogen-bond donors (Lipinski definition) is 5. The van der Waals surface area contributed by atoms with Crippen LogP contribution < -0.4 is 22.5 Å². The van der Waals surface area contributed by atoms with Crippen LogP contribution in [0.1, 0.15) is 0 Å². The minimum absolute atomic E-state index is 0.167. The van der Waals surface area contributed by atoms with E-state index in [1.807, 2.05) is 31.3 Å². The summed E-state index contributed by atoms with van der Waals surface area (Å²) in [4.78, 5) is 0. The molecular formula is C9H18N4O4S. The highest BCUT2D eigenvalue weighted by molar-refractivity contribution is 7.80. The van der Waals surface area contributed by atoms with Gasteiger partial charge in [-0.15, -0.1) is 0 Å². The number of nitrogens with one attached hydrogen (secondary N) is 1. The highest BCUT2D eigenvalue weighted by atomic mass is 32.3. The number of anilines is 2. The highest BCUT2D eigenvalue weighted by Gasteiger charge is 2.09. The predicted molar refractivity (Wildman–Crippen MR) is 70.1 cm³/mol. The summed E-state index contributed by atoms with van der Waals surface area (Å²) in [5, 5.41) is 3.00. The second kappa shape index (κ2) is 7.84. The Morgan fingerprint density at radius 1 is 1.39 bits per heavy atom. The fourth-order valence-corrected chi connectivity index (χ4v) is 1.24. The lowest BCUT2D eigenvalue weighted by atomic mass is 10.3. The van der Waals surface area contributed by atoms with Gasteiger partial charge >= 0.3 is 10.4 Å². The lowest BCUT2D eigenvalue weighted by molar-refractivity contribution is 0.194. The van der Waals surface area contributed by atoms with Crippen molar-refractivity contribution < 1.29 is 17.2 Å². The van der Waals surface area contributed by atoms with Crippen molar-refractivity contribution in [3.63, 3.8) is 0 Å². The number of nitrogens with two attached hydrogens (primary N) is 3. The summed E-state index contributed by atoms with van der Waals surface area (Å²) < 4.78 is 31.3. The van der Waals surface area contributed by atoms with Crippen LogP contribution in [0.5, 0.6) is 0 Å². The van der Waals surface area contributed by atoms with Crippen LogP contribution in [0.15, 0.2) is 24.3 Å². The minimum atomic E-state index is -4.44. The average molecular weight is 278 g/mol. The Bertz CT molecular complexity index is 434. The molecule has 0 heterocycles. The molecule has 9 heteroatoms. The van der Waals surface area contributed by atoms with Gasteiger partial charge in [-0.3, -0.25) is 4.55 Å². The van der Waals surface area contributed by atoms with E-state index in [9.17, 15) is 8.42 Å². The van der Waals surface area contributed by atoms with Crippen molar-refractivity contribution in [2.45, 2.75) is 6.23 Å². The molecule has 0 spiro atoms. The zero-order valence-corrected chi connectivity index (χ0v) is 10.7. The predicted octanol–water partition coefficient (Wildman–Crippen LogP) is -0.640. The summed E-state index contributed by atoms with van der Waals surface area (Å²) in [7, 11) is -2.56. The highest BCUT2D eigenvalue weighted by Crippen LogP contribution is 2.08. The lowest BCUT2D eigenvalue weighted by Crippen LogP contribution is -2.34. The summed E-state index contributed by atoms with van der Waals surface area (Å²) >= 11 is 0. The standard InChI is InChI=1S/C7H10N2.C2H8N2O4S/c1-9-7-4-2-6(8)3-5-7;3-1-2(4)8-9(5,6)7/h2-5,9H,8H2,1H3;2H,1,3-4H2,(H,5,6,7). The molecule has 0 aliphatic carbocycles.